The molecule has 0 spiro atoms. The highest BCUT2D eigenvalue weighted by atomic mass is 16.4. The smallest absolute Gasteiger partial charge is 0.354 e. The fraction of sp³-hybridized carbons (Fsp3) is 0. The van der Waals surface area contributed by atoms with Gasteiger partial charge in [-0.25, -0.2) is 9.78 Å². The number of nitrogens with zero attached hydrogens (tertiary/aromatic N) is 1. The van der Waals surface area contributed by atoms with Crippen molar-refractivity contribution in [3.8, 4) is 0 Å². The van der Waals surface area contributed by atoms with E-state index in [4.69, 9.17) is 5.11 Å². The molecule has 0 saturated heterocycles. The van der Waals surface area contributed by atoms with Gasteiger partial charge < -0.3 is 10.4 Å². The third-order valence-corrected chi connectivity index (χ3v) is 2.48. The number of carbonyl (C=O) groups is 2. The van der Waals surface area contributed by atoms with Crippen molar-refractivity contribution < 1.29 is 14.7 Å². The molecule has 1 aromatic heterocycles. The summed E-state index contributed by atoms with van der Waals surface area (Å²) < 4.78 is 0. The largest absolute Gasteiger partial charge is 0.477 e. The molecule has 2 aromatic rings. The van der Waals surface area contributed by atoms with E-state index in [0.717, 1.165) is 5.56 Å². The molecular weight excluding hydrogens is 256 g/mol. The van der Waals surface area contributed by atoms with Crippen LogP contribution in [0.5, 0.6) is 0 Å². The number of anilines is 1. The maximum atomic E-state index is 11.7. The summed E-state index contributed by atoms with van der Waals surface area (Å²) in [5.41, 5.74) is 1.29. The van der Waals surface area contributed by atoms with E-state index >= 15 is 0 Å². The molecule has 20 heavy (non-hydrogen) atoms. The number of hydrogen-bond donors (Lipinski definition) is 2. The molecule has 0 bridgehead atoms. The van der Waals surface area contributed by atoms with Gasteiger partial charge in [-0.2, -0.15) is 0 Å². The molecule has 0 saturated carbocycles. The average molecular weight is 268 g/mol. The van der Waals surface area contributed by atoms with Crippen molar-refractivity contribution in [2.45, 2.75) is 0 Å². The van der Waals surface area contributed by atoms with Crippen LogP contribution in [0.3, 0.4) is 0 Å². The maximum Gasteiger partial charge on any atom is 0.354 e. The molecule has 0 aliphatic carbocycles. The monoisotopic (exact) mass is 268 g/mol. The van der Waals surface area contributed by atoms with Crippen molar-refractivity contribution in [2.75, 3.05) is 5.32 Å². The van der Waals surface area contributed by atoms with Crippen LogP contribution in [0, 0.1) is 0 Å². The number of nitrogens with one attached hydrogen (secondary N) is 1. The molecule has 1 amide bonds. The molecule has 5 heteroatoms. The van der Waals surface area contributed by atoms with E-state index in [0.29, 0.717) is 5.69 Å². The lowest BCUT2D eigenvalue weighted by Gasteiger charge is -2.01. The van der Waals surface area contributed by atoms with Crippen LogP contribution < -0.4 is 5.32 Å². The number of carbonyl (C=O) groups excluding carboxylic acids is 1. The van der Waals surface area contributed by atoms with E-state index in [1.807, 2.05) is 30.3 Å². The fourth-order valence-corrected chi connectivity index (χ4v) is 1.51. The lowest BCUT2D eigenvalue weighted by Crippen LogP contribution is -2.09. The minimum atomic E-state index is -1.10. The molecule has 0 aliphatic rings. The Morgan fingerprint density at radius 3 is 2.45 bits per heavy atom. The van der Waals surface area contributed by atoms with Crippen molar-refractivity contribution in [3.63, 3.8) is 0 Å². The Hall–Kier alpha value is -2.95. The Balaban J connectivity index is 1.98. The number of amides is 1. The second kappa shape index (κ2) is 6.29. The first-order chi connectivity index (χ1) is 9.65. The summed E-state index contributed by atoms with van der Waals surface area (Å²) in [7, 11) is 0. The molecule has 0 aliphatic heterocycles. The Bertz CT molecular complexity index is 634. The molecule has 2 rings (SSSR count). The quantitative estimate of drug-likeness (QED) is 0.835. The number of pyridine rings is 1. The number of hydrogen-bond acceptors (Lipinski definition) is 3. The van der Waals surface area contributed by atoms with E-state index in [2.05, 4.69) is 10.3 Å². The zero-order chi connectivity index (χ0) is 14.4. The summed E-state index contributed by atoms with van der Waals surface area (Å²) >= 11 is 0. The van der Waals surface area contributed by atoms with Gasteiger partial charge in [0.2, 0.25) is 5.91 Å². The van der Waals surface area contributed by atoms with Gasteiger partial charge in [0.1, 0.15) is 5.69 Å². The molecule has 0 atom stereocenters. The summed E-state index contributed by atoms with van der Waals surface area (Å²) in [6, 6.07) is 12.2. The highest BCUT2D eigenvalue weighted by molar-refractivity contribution is 6.01. The van der Waals surface area contributed by atoms with Gasteiger partial charge in [-0.05, 0) is 23.8 Å². The molecular formula is C15H12N2O3. The van der Waals surface area contributed by atoms with E-state index in [1.54, 1.807) is 6.08 Å². The van der Waals surface area contributed by atoms with E-state index in [-0.39, 0.29) is 11.6 Å². The summed E-state index contributed by atoms with van der Waals surface area (Å²) in [5.74, 6) is -1.41. The Morgan fingerprint density at radius 1 is 1.10 bits per heavy atom. The van der Waals surface area contributed by atoms with Crippen LogP contribution in [-0.2, 0) is 4.79 Å². The molecule has 0 radical (unpaired) electrons. The fourth-order valence-electron chi connectivity index (χ4n) is 1.51. The lowest BCUT2D eigenvalue weighted by atomic mass is 10.2. The van der Waals surface area contributed by atoms with Gasteiger partial charge in [-0.15, -0.1) is 0 Å². The van der Waals surface area contributed by atoms with Crippen molar-refractivity contribution in [1.29, 1.82) is 0 Å². The topological polar surface area (TPSA) is 79.3 Å². The molecule has 1 aromatic carbocycles. The first-order valence-corrected chi connectivity index (χ1v) is 5.88. The van der Waals surface area contributed by atoms with Crippen LogP contribution in [0.4, 0.5) is 5.69 Å². The SMILES string of the molecule is O=C(/C=C/c1ccccc1)Nc1ccc(C(=O)O)nc1. The second-order valence-electron chi connectivity index (χ2n) is 3.97. The van der Waals surface area contributed by atoms with Crippen LogP contribution >= 0.6 is 0 Å². The summed E-state index contributed by atoms with van der Waals surface area (Å²) in [4.78, 5) is 26.0. The van der Waals surface area contributed by atoms with Gasteiger partial charge in [0.25, 0.3) is 0 Å². The molecule has 2 N–H and O–H groups in total. The van der Waals surface area contributed by atoms with Gasteiger partial charge in [-0.1, -0.05) is 30.3 Å². The number of aromatic carboxylic acids is 1. The Kier molecular flexibility index (Phi) is 4.24. The van der Waals surface area contributed by atoms with Crippen LogP contribution in [0.1, 0.15) is 16.1 Å². The normalized spacial score (nSPS) is 10.4. The van der Waals surface area contributed by atoms with Gasteiger partial charge in [-0.3, -0.25) is 4.79 Å². The molecule has 5 nitrogen and oxygen atoms in total. The first-order valence-electron chi connectivity index (χ1n) is 5.88. The Labute approximate surface area is 115 Å². The summed E-state index contributed by atoms with van der Waals surface area (Å²) in [6.07, 6.45) is 4.40. The average Bonchev–Trinajstić information content (AvgIpc) is 2.47. The lowest BCUT2D eigenvalue weighted by molar-refractivity contribution is -0.111. The minimum Gasteiger partial charge on any atom is -0.477 e. The minimum absolute atomic E-state index is 0.0668. The maximum absolute atomic E-state index is 11.7. The van der Waals surface area contributed by atoms with Crippen LogP contribution in [-0.4, -0.2) is 22.0 Å². The number of benzene rings is 1. The zero-order valence-corrected chi connectivity index (χ0v) is 10.5. The first kappa shape index (κ1) is 13.5. The van der Waals surface area contributed by atoms with E-state index in [1.165, 1.54) is 24.4 Å². The van der Waals surface area contributed by atoms with Gasteiger partial charge in [0, 0.05) is 6.08 Å². The standard InChI is InChI=1S/C15H12N2O3/c18-14(9-6-11-4-2-1-3-5-11)17-12-7-8-13(15(19)20)16-10-12/h1-10H,(H,17,18)(H,19,20)/b9-6+. The number of aromatic nitrogens is 1. The number of rotatable bonds is 4. The Morgan fingerprint density at radius 2 is 1.85 bits per heavy atom. The van der Waals surface area contributed by atoms with Gasteiger partial charge in [0.05, 0.1) is 11.9 Å². The number of carboxylic acids is 1. The summed E-state index contributed by atoms with van der Waals surface area (Å²) in [5, 5.41) is 11.3. The summed E-state index contributed by atoms with van der Waals surface area (Å²) in [6.45, 7) is 0. The second-order valence-corrected chi connectivity index (χ2v) is 3.97. The van der Waals surface area contributed by atoms with Crippen molar-refractivity contribution in [2.24, 2.45) is 0 Å². The highest BCUT2D eigenvalue weighted by Crippen LogP contribution is 2.07. The molecule has 1 heterocycles. The molecule has 100 valence electrons. The third-order valence-electron chi connectivity index (χ3n) is 2.48. The van der Waals surface area contributed by atoms with E-state index in [9.17, 15) is 9.59 Å². The third kappa shape index (κ3) is 3.78. The van der Waals surface area contributed by atoms with Crippen molar-refractivity contribution in [3.05, 3.63) is 66.0 Å². The van der Waals surface area contributed by atoms with E-state index < -0.39 is 5.97 Å². The number of carboxylic acid groups (broad SMARTS) is 1. The molecule has 0 unspecified atom stereocenters. The van der Waals surface area contributed by atoms with Gasteiger partial charge in [0.15, 0.2) is 0 Å². The van der Waals surface area contributed by atoms with Crippen molar-refractivity contribution in [1.82, 2.24) is 4.98 Å². The molecule has 0 fully saturated rings. The van der Waals surface area contributed by atoms with Crippen LogP contribution in [0.2, 0.25) is 0 Å². The predicted octanol–water partition coefficient (Wildman–Crippen LogP) is 2.43. The highest BCUT2D eigenvalue weighted by Gasteiger charge is 2.04. The van der Waals surface area contributed by atoms with Crippen LogP contribution in [0.15, 0.2) is 54.7 Å². The van der Waals surface area contributed by atoms with Crippen LogP contribution in [0.25, 0.3) is 6.08 Å². The predicted molar refractivity (Wildman–Crippen MR) is 75.3 cm³/mol. The van der Waals surface area contributed by atoms with Crippen molar-refractivity contribution >= 4 is 23.6 Å². The zero-order valence-electron chi connectivity index (χ0n) is 10.5. The van der Waals surface area contributed by atoms with Gasteiger partial charge >= 0.3 is 5.97 Å².